The Morgan fingerprint density at radius 1 is 1.35 bits per heavy atom. The number of nitrogens with zero attached hydrogens (tertiary/aromatic N) is 1. The molecule has 4 heteroatoms. The number of ether oxygens (including phenoxy) is 1. The van der Waals surface area contributed by atoms with Crippen molar-refractivity contribution in [3.63, 3.8) is 0 Å². The fraction of sp³-hybridized carbons (Fsp3) is 0.308. The number of aliphatic hydroxyl groups is 1. The molecule has 1 heterocycles. The Morgan fingerprint density at radius 2 is 2.12 bits per heavy atom. The highest BCUT2D eigenvalue weighted by molar-refractivity contribution is 7.09. The van der Waals surface area contributed by atoms with Gasteiger partial charge in [-0.05, 0) is 24.1 Å². The number of benzene rings is 1. The highest BCUT2D eigenvalue weighted by Crippen LogP contribution is 2.20. The third kappa shape index (κ3) is 3.28. The molecule has 0 radical (unpaired) electrons. The van der Waals surface area contributed by atoms with Gasteiger partial charge in [-0.2, -0.15) is 0 Å². The maximum atomic E-state index is 9.65. The number of hydrogen-bond donors (Lipinski definition) is 1. The van der Waals surface area contributed by atoms with Crippen molar-refractivity contribution in [3.8, 4) is 5.75 Å². The zero-order valence-electron chi connectivity index (χ0n) is 9.67. The van der Waals surface area contributed by atoms with Crippen LogP contribution in [-0.4, -0.2) is 10.1 Å². The van der Waals surface area contributed by atoms with E-state index in [-0.39, 0.29) is 6.10 Å². The zero-order valence-corrected chi connectivity index (χ0v) is 10.5. The van der Waals surface area contributed by atoms with Crippen LogP contribution in [0.1, 0.15) is 30.0 Å². The van der Waals surface area contributed by atoms with Gasteiger partial charge in [-0.1, -0.05) is 19.1 Å². The van der Waals surface area contributed by atoms with Crippen LogP contribution in [0.25, 0.3) is 0 Å². The van der Waals surface area contributed by atoms with Gasteiger partial charge in [0.25, 0.3) is 0 Å². The molecule has 0 amide bonds. The molecule has 2 rings (SSSR count). The van der Waals surface area contributed by atoms with E-state index in [0.29, 0.717) is 6.61 Å². The minimum atomic E-state index is -0.386. The van der Waals surface area contributed by atoms with Crippen molar-refractivity contribution in [1.82, 2.24) is 4.98 Å². The molecule has 1 aromatic carbocycles. The molecule has 0 saturated carbocycles. The molecule has 0 fully saturated rings. The van der Waals surface area contributed by atoms with E-state index < -0.39 is 0 Å². The maximum Gasteiger partial charge on any atom is 0.140 e. The van der Waals surface area contributed by atoms with Crippen molar-refractivity contribution in [2.75, 3.05) is 0 Å². The summed E-state index contributed by atoms with van der Waals surface area (Å²) in [6, 6.07) is 7.54. The van der Waals surface area contributed by atoms with Gasteiger partial charge < -0.3 is 9.84 Å². The Balaban J connectivity index is 1.94. The van der Waals surface area contributed by atoms with E-state index >= 15 is 0 Å². The molecule has 1 aromatic heterocycles. The molecular weight excluding hydrogens is 234 g/mol. The van der Waals surface area contributed by atoms with Gasteiger partial charge in [-0.15, -0.1) is 11.3 Å². The quantitative estimate of drug-likeness (QED) is 0.885. The monoisotopic (exact) mass is 249 g/mol. The predicted molar refractivity (Wildman–Crippen MR) is 68.1 cm³/mol. The second-order valence-corrected chi connectivity index (χ2v) is 4.69. The molecule has 1 unspecified atom stereocenters. The van der Waals surface area contributed by atoms with Crippen LogP contribution < -0.4 is 4.74 Å². The molecule has 0 bridgehead atoms. The first-order valence-electron chi connectivity index (χ1n) is 5.58. The molecule has 90 valence electrons. The van der Waals surface area contributed by atoms with E-state index in [9.17, 15) is 5.11 Å². The predicted octanol–water partition coefficient (Wildman–Crippen LogP) is 3.17. The minimum absolute atomic E-state index is 0.386. The van der Waals surface area contributed by atoms with E-state index in [1.54, 1.807) is 17.5 Å². The summed E-state index contributed by atoms with van der Waals surface area (Å²) in [5.74, 6) is 0.798. The molecule has 17 heavy (non-hydrogen) atoms. The van der Waals surface area contributed by atoms with Crippen LogP contribution in [0.2, 0.25) is 0 Å². The lowest BCUT2D eigenvalue weighted by atomic mass is 10.1. The van der Waals surface area contributed by atoms with Gasteiger partial charge in [0, 0.05) is 11.6 Å². The van der Waals surface area contributed by atoms with Crippen LogP contribution >= 0.6 is 11.3 Å². The lowest BCUT2D eigenvalue weighted by Crippen LogP contribution is -1.97. The summed E-state index contributed by atoms with van der Waals surface area (Å²) in [6.45, 7) is 2.45. The summed E-state index contributed by atoms with van der Waals surface area (Å²) in [4.78, 5) is 4.14. The van der Waals surface area contributed by atoms with Crippen LogP contribution in [-0.2, 0) is 6.61 Å². The summed E-state index contributed by atoms with van der Waals surface area (Å²) in [5.41, 5.74) is 0.925. The van der Waals surface area contributed by atoms with Gasteiger partial charge >= 0.3 is 0 Å². The first-order chi connectivity index (χ1) is 8.29. The zero-order chi connectivity index (χ0) is 12.1. The number of aromatic nitrogens is 1. The first kappa shape index (κ1) is 12.1. The Kier molecular flexibility index (Phi) is 4.12. The van der Waals surface area contributed by atoms with Crippen molar-refractivity contribution in [3.05, 3.63) is 46.4 Å². The first-order valence-corrected chi connectivity index (χ1v) is 6.46. The minimum Gasteiger partial charge on any atom is -0.486 e. The number of hydrogen-bond acceptors (Lipinski definition) is 4. The average molecular weight is 249 g/mol. The number of thiazole rings is 1. The Morgan fingerprint density at radius 3 is 2.71 bits per heavy atom. The van der Waals surface area contributed by atoms with Crippen LogP contribution in [0.3, 0.4) is 0 Å². The van der Waals surface area contributed by atoms with Crippen molar-refractivity contribution < 1.29 is 9.84 Å². The third-order valence-electron chi connectivity index (χ3n) is 2.50. The van der Waals surface area contributed by atoms with Crippen molar-refractivity contribution in [1.29, 1.82) is 0 Å². The Bertz CT molecular complexity index is 439. The highest BCUT2D eigenvalue weighted by atomic mass is 32.1. The molecule has 0 saturated heterocycles. The van der Waals surface area contributed by atoms with Gasteiger partial charge in [0.2, 0.25) is 0 Å². The number of aliphatic hydroxyl groups excluding tert-OH is 1. The summed E-state index contributed by atoms with van der Waals surface area (Å²) < 4.78 is 5.59. The summed E-state index contributed by atoms with van der Waals surface area (Å²) in [5, 5.41) is 12.5. The summed E-state index contributed by atoms with van der Waals surface area (Å²) in [6.07, 6.45) is 2.10. The topological polar surface area (TPSA) is 42.4 Å². The molecule has 0 aliphatic heterocycles. The van der Waals surface area contributed by atoms with Crippen molar-refractivity contribution in [2.24, 2.45) is 0 Å². The molecular formula is C13H15NO2S. The highest BCUT2D eigenvalue weighted by Gasteiger charge is 2.04. The van der Waals surface area contributed by atoms with E-state index in [1.807, 2.05) is 36.6 Å². The molecule has 2 aromatic rings. The number of rotatable bonds is 5. The molecule has 3 nitrogen and oxygen atoms in total. The van der Waals surface area contributed by atoms with Crippen LogP contribution in [0.4, 0.5) is 0 Å². The van der Waals surface area contributed by atoms with Crippen LogP contribution in [0.5, 0.6) is 5.75 Å². The molecule has 1 atom stereocenters. The van der Waals surface area contributed by atoms with E-state index in [1.165, 1.54) is 0 Å². The van der Waals surface area contributed by atoms with Crippen LogP contribution in [0.15, 0.2) is 35.8 Å². The van der Waals surface area contributed by atoms with Gasteiger partial charge in [0.05, 0.1) is 6.10 Å². The van der Waals surface area contributed by atoms with Crippen molar-refractivity contribution in [2.45, 2.75) is 26.1 Å². The van der Waals surface area contributed by atoms with Crippen LogP contribution in [0, 0.1) is 0 Å². The summed E-state index contributed by atoms with van der Waals surface area (Å²) >= 11 is 1.58. The SMILES string of the molecule is CCC(O)c1ccc(OCc2nccs2)cc1. The van der Waals surface area contributed by atoms with E-state index in [0.717, 1.165) is 22.7 Å². The van der Waals surface area contributed by atoms with Gasteiger partial charge in [-0.25, -0.2) is 4.98 Å². The van der Waals surface area contributed by atoms with E-state index in [2.05, 4.69) is 4.98 Å². The molecule has 0 aliphatic rings. The smallest absolute Gasteiger partial charge is 0.140 e. The van der Waals surface area contributed by atoms with Crippen molar-refractivity contribution >= 4 is 11.3 Å². The normalized spacial score (nSPS) is 12.4. The van der Waals surface area contributed by atoms with Gasteiger partial charge in [-0.3, -0.25) is 0 Å². The Hall–Kier alpha value is -1.39. The fourth-order valence-electron chi connectivity index (χ4n) is 1.49. The largest absolute Gasteiger partial charge is 0.486 e. The van der Waals surface area contributed by atoms with Gasteiger partial charge in [0.1, 0.15) is 17.4 Å². The summed E-state index contributed by atoms with van der Waals surface area (Å²) in [7, 11) is 0. The molecule has 0 aliphatic carbocycles. The molecule has 1 N–H and O–H groups in total. The maximum absolute atomic E-state index is 9.65. The lowest BCUT2D eigenvalue weighted by molar-refractivity contribution is 0.173. The van der Waals surface area contributed by atoms with Gasteiger partial charge in [0.15, 0.2) is 0 Å². The third-order valence-corrected chi connectivity index (χ3v) is 3.25. The average Bonchev–Trinajstić information content (AvgIpc) is 2.89. The Labute approximate surface area is 105 Å². The van der Waals surface area contributed by atoms with E-state index in [4.69, 9.17) is 4.74 Å². The second kappa shape index (κ2) is 5.80. The standard InChI is InChI=1S/C13H15NO2S/c1-2-12(15)10-3-5-11(6-4-10)16-9-13-14-7-8-17-13/h3-8,12,15H,2,9H2,1H3. The lowest BCUT2D eigenvalue weighted by Gasteiger charge is -2.09. The second-order valence-electron chi connectivity index (χ2n) is 3.71. The fourth-order valence-corrected chi connectivity index (χ4v) is 2.02. The molecule has 0 spiro atoms.